The molecule has 0 amide bonds. The largest absolute Gasteiger partial charge is 0.417 e. The second kappa shape index (κ2) is 10.7. The molecule has 0 spiro atoms. The molecular formula is C32H42F6O4S. The van der Waals surface area contributed by atoms with Gasteiger partial charge in [0.1, 0.15) is 0 Å². The number of hydrogen-bond acceptors (Lipinski definition) is 4. The Kier molecular flexibility index (Phi) is 8.20. The highest BCUT2D eigenvalue weighted by atomic mass is 32.2. The molecule has 3 saturated carbocycles. The zero-order valence-corrected chi connectivity index (χ0v) is 25.6. The molecule has 3 fully saturated rings. The smallest absolute Gasteiger partial charge is 0.384 e. The summed E-state index contributed by atoms with van der Waals surface area (Å²) < 4.78 is 109. The van der Waals surface area contributed by atoms with E-state index in [1.54, 1.807) is 13.0 Å². The number of allylic oxidation sites excluding steroid dienone is 1. The molecule has 4 aliphatic carbocycles. The van der Waals surface area contributed by atoms with Crippen molar-refractivity contribution in [3.63, 3.8) is 0 Å². The number of halogens is 6. The molecule has 0 aromatic heterocycles. The molecule has 2 N–H and O–H groups in total. The van der Waals surface area contributed by atoms with E-state index in [4.69, 9.17) is 0 Å². The minimum absolute atomic E-state index is 0.0707. The van der Waals surface area contributed by atoms with Crippen LogP contribution in [-0.2, 0) is 9.84 Å². The number of sulfone groups is 1. The van der Waals surface area contributed by atoms with Crippen LogP contribution in [0.5, 0.6) is 0 Å². The number of fused-ring (bicyclic) bond motifs is 5. The van der Waals surface area contributed by atoms with Crippen LogP contribution in [0.1, 0.15) is 78.6 Å². The van der Waals surface area contributed by atoms with E-state index in [0.717, 1.165) is 12.8 Å². The number of rotatable bonds is 6. The van der Waals surface area contributed by atoms with Gasteiger partial charge in [0.2, 0.25) is 0 Å². The summed E-state index contributed by atoms with van der Waals surface area (Å²) >= 11 is 0. The van der Waals surface area contributed by atoms with Gasteiger partial charge in [0.05, 0.1) is 10.1 Å². The lowest BCUT2D eigenvalue weighted by Crippen LogP contribution is -2.56. The molecule has 1 unspecified atom stereocenters. The van der Waals surface area contributed by atoms with Crippen molar-refractivity contribution in [2.45, 2.75) is 113 Å². The third-order valence-corrected chi connectivity index (χ3v) is 14.6. The van der Waals surface area contributed by atoms with Crippen LogP contribution in [0, 0.1) is 40.4 Å². The fourth-order valence-electron chi connectivity index (χ4n) is 9.81. The monoisotopic (exact) mass is 636 g/mol. The first-order valence-corrected chi connectivity index (χ1v) is 16.8. The molecule has 0 heterocycles. The fourth-order valence-corrected chi connectivity index (χ4v) is 11.9. The number of benzene rings is 1. The van der Waals surface area contributed by atoms with E-state index in [1.807, 2.05) is 13.0 Å². The van der Waals surface area contributed by atoms with Crippen LogP contribution in [0.3, 0.4) is 0 Å². The molecule has 0 aliphatic heterocycles. The Morgan fingerprint density at radius 2 is 1.60 bits per heavy atom. The molecule has 4 aliphatic rings. The Morgan fingerprint density at radius 1 is 0.953 bits per heavy atom. The van der Waals surface area contributed by atoms with Crippen molar-refractivity contribution in [3.05, 3.63) is 42.0 Å². The molecule has 0 bridgehead atoms. The van der Waals surface area contributed by atoms with Crippen molar-refractivity contribution in [2.75, 3.05) is 0 Å². The predicted octanol–water partition coefficient (Wildman–Crippen LogP) is 7.65. The van der Waals surface area contributed by atoms with E-state index in [9.17, 15) is 45.0 Å². The zero-order valence-electron chi connectivity index (χ0n) is 24.8. The van der Waals surface area contributed by atoms with Gasteiger partial charge >= 0.3 is 12.4 Å². The molecular weight excluding hydrogens is 594 g/mol. The van der Waals surface area contributed by atoms with Gasteiger partial charge in [0.25, 0.3) is 0 Å². The quantitative estimate of drug-likeness (QED) is 0.249. The summed E-state index contributed by atoms with van der Waals surface area (Å²) in [7, 11) is -4.21. The van der Waals surface area contributed by atoms with Crippen LogP contribution in [0.25, 0.3) is 0 Å². The van der Waals surface area contributed by atoms with Gasteiger partial charge in [-0.05, 0) is 104 Å². The van der Waals surface area contributed by atoms with Crippen molar-refractivity contribution in [3.8, 4) is 0 Å². The topological polar surface area (TPSA) is 74.6 Å². The maximum Gasteiger partial charge on any atom is 0.417 e. The Balaban J connectivity index is 1.44. The number of aliphatic hydroxyl groups excluding tert-OH is 1. The first-order chi connectivity index (χ1) is 19.8. The molecule has 11 heteroatoms. The number of aliphatic hydroxyl groups is 2. The zero-order chi connectivity index (χ0) is 31.8. The van der Waals surface area contributed by atoms with Gasteiger partial charge in [0, 0.05) is 6.42 Å². The highest BCUT2D eigenvalue weighted by Gasteiger charge is 2.64. The molecule has 43 heavy (non-hydrogen) atoms. The van der Waals surface area contributed by atoms with Crippen LogP contribution in [0.4, 0.5) is 26.3 Å². The van der Waals surface area contributed by atoms with E-state index >= 15 is 0 Å². The highest BCUT2D eigenvalue weighted by Crippen LogP contribution is 2.68. The molecule has 242 valence electrons. The van der Waals surface area contributed by atoms with Gasteiger partial charge in [-0.25, -0.2) is 8.42 Å². The Labute approximate surface area is 249 Å². The third kappa shape index (κ3) is 5.37. The highest BCUT2D eigenvalue weighted by molar-refractivity contribution is 7.92. The van der Waals surface area contributed by atoms with E-state index in [0.29, 0.717) is 24.8 Å². The van der Waals surface area contributed by atoms with Crippen molar-refractivity contribution >= 4 is 9.84 Å². The van der Waals surface area contributed by atoms with E-state index in [-0.39, 0.29) is 46.8 Å². The van der Waals surface area contributed by atoms with Gasteiger partial charge < -0.3 is 10.2 Å². The average molecular weight is 637 g/mol. The lowest BCUT2D eigenvalue weighted by atomic mass is 9.46. The van der Waals surface area contributed by atoms with Crippen LogP contribution in [0.2, 0.25) is 0 Å². The summed E-state index contributed by atoms with van der Waals surface area (Å²) in [6.45, 7) is 5.83. The lowest BCUT2D eigenvalue weighted by molar-refractivity contribution is -0.271. The minimum Gasteiger partial charge on any atom is -0.384 e. The normalized spacial score (nSPS) is 38.7. The van der Waals surface area contributed by atoms with Gasteiger partial charge in [-0.1, -0.05) is 50.6 Å². The summed E-state index contributed by atoms with van der Waals surface area (Å²) in [4.78, 5) is -0.0707. The Morgan fingerprint density at radius 3 is 2.21 bits per heavy atom. The minimum atomic E-state index is -4.95. The van der Waals surface area contributed by atoms with Crippen LogP contribution in [-0.4, -0.2) is 47.9 Å². The molecule has 1 aromatic rings. The molecule has 5 rings (SSSR count). The average Bonchev–Trinajstić information content (AvgIpc) is 3.28. The molecule has 10 atom stereocenters. The second-order valence-corrected chi connectivity index (χ2v) is 16.4. The summed E-state index contributed by atoms with van der Waals surface area (Å²) in [5, 5.41) is 19.1. The first kappa shape index (κ1) is 32.8. The van der Waals surface area contributed by atoms with Gasteiger partial charge in [0.15, 0.2) is 21.5 Å². The first-order valence-electron chi connectivity index (χ1n) is 15.3. The van der Waals surface area contributed by atoms with Crippen LogP contribution < -0.4 is 0 Å². The maximum atomic E-state index is 13.8. The summed E-state index contributed by atoms with van der Waals surface area (Å²) in [5.41, 5.74) is -2.89. The predicted molar refractivity (Wildman–Crippen MR) is 149 cm³/mol. The fraction of sp³-hybridized carbons (Fsp3) is 0.750. The third-order valence-electron chi connectivity index (χ3n) is 12.3. The Hall–Kier alpha value is -1.59. The van der Waals surface area contributed by atoms with Gasteiger partial charge in [-0.3, -0.25) is 0 Å². The maximum absolute atomic E-state index is 13.8. The van der Waals surface area contributed by atoms with E-state index in [1.165, 1.54) is 24.3 Å². The molecule has 1 aromatic carbocycles. The lowest BCUT2D eigenvalue weighted by Gasteiger charge is -2.59. The second-order valence-electron chi connectivity index (χ2n) is 14.2. The van der Waals surface area contributed by atoms with E-state index in [2.05, 4.69) is 6.92 Å². The molecule has 0 radical (unpaired) electrons. The summed E-state index contributed by atoms with van der Waals surface area (Å²) in [5.74, 6) is -0.456. The summed E-state index contributed by atoms with van der Waals surface area (Å²) in [6, 6.07) is 7.42. The standard InChI is InChI=1S/C32H42F6O4S/c1-19(26(17-27(39)31(33,34)35)43(41,42)21-7-5-4-6-8-21)23-11-12-24-22-10-9-20-18-30(40,32(36,37)38)16-15-28(20,2)25(22)13-14-29(23,24)3/h4-9,19,22-27,39-40H,10-18H2,1-3H3/t19-,22-,23+,24-,25-,26?,27+,28-,29+,30-/m0/s1. The number of hydrogen-bond donors (Lipinski definition) is 2. The SMILES string of the molecule is C[C@H](C(C[C@@H](O)C(F)(F)F)S(=O)(=O)c1ccccc1)[C@H]1CC[C@H]2[C@@H]3CC=C4C[C@](O)(C(F)(F)F)CC[C@]4(C)[C@H]3CC[C@]12C. The van der Waals surface area contributed by atoms with Gasteiger partial charge in [-0.2, -0.15) is 26.3 Å². The van der Waals surface area contributed by atoms with Gasteiger partial charge in [-0.15, -0.1) is 0 Å². The molecule has 4 nitrogen and oxygen atoms in total. The van der Waals surface area contributed by atoms with E-state index < -0.39 is 63.3 Å². The van der Waals surface area contributed by atoms with Crippen molar-refractivity contribution in [1.29, 1.82) is 0 Å². The molecule has 0 saturated heterocycles. The van der Waals surface area contributed by atoms with Crippen molar-refractivity contribution in [2.24, 2.45) is 40.4 Å². The summed E-state index contributed by atoms with van der Waals surface area (Å²) in [6.07, 6.45) is -8.65. The van der Waals surface area contributed by atoms with Crippen molar-refractivity contribution < 1.29 is 45.0 Å². The van der Waals surface area contributed by atoms with Crippen molar-refractivity contribution in [1.82, 2.24) is 0 Å². The van der Waals surface area contributed by atoms with Crippen LogP contribution >= 0.6 is 0 Å². The van der Waals surface area contributed by atoms with Crippen LogP contribution in [0.15, 0.2) is 46.9 Å². The Bertz CT molecular complexity index is 1330. The number of alkyl halides is 6.